The molecule has 0 spiro atoms. The summed E-state index contributed by atoms with van der Waals surface area (Å²) >= 11 is 9.36. The van der Waals surface area contributed by atoms with Crippen LogP contribution in [0.4, 0.5) is 5.69 Å². The molecule has 20 heavy (non-hydrogen) atoms. The second kappa shape index (κ2) is 6.30. The third kappa shape index (κ3) is 3.75. The Hall–Kier alpha value is -1.50. The highest BCUT2D eigenvalue weighted by molar-refractivity contribution is 9.10. The number of nitriles is 1. The summed E-state index contributed by atoms with van der Waals surface area (Å²) in [5, 5.41) is 13.5. The van der Waals surface area contributed by atoms with Crippen LogP contribution in [0.15, 0.2) is 53.0 Å². The molecule has 1 N–H and O–H groups in total. The molecule has 0 amide bonds. The highest BCUT2D eigenvalue weighted by Gasteiger charge is 2.24. The van der Waals surface area contributed by atoms with Crippen molar-refractivity contribution in [1.29, 1.82) is 5.26 Å². The van der Waals surface area contributed by atoms with Crippen molar-refractivity contribution in [3.05, 3.63) is 63.6 Å². The number of nitrogens with one attached hydrogen (secondary N) is 1. The van der Waals surface area contributed by atoms with Gasteiger partial charge in [0.25, 0.3) is 0 Å². The van der Waals surface area contributed by atoms with Gasteiger partial charge in [0.15, 0.2) is 0 Å². The topological polar surface area (TPSA) is 35.8 Å². The molecular formula is C16H14BrClN2. The zero-order valence-electron chi connectivity index (χ0n) is 11.0. The van der Waals surface area contributed by atoms with Gasteiger partial charge in [0.1, 0.15) is 5.54 Å². The van der Waals surface area contributed by atoms with Gasteiger partial charge < -0.3 is 5.32 Å². The van der Waals surface area contributed by atoms with E-state index in [-0.39, 0.29) is 0 Å². The van der Waals surface area contributed by atoms with Gasteiger partial charge in [0.05, 0.1) is 6.07 Å². The van der Waals surface area contributed by atoms with E-state index in [1.807, 2.05) is 55.5 Å². The highest BCUT2D eigenvalue weighted by Crippen LogP contribution is 2.26. The first-order valence-corrected chi connectivity index (χ1v) is 7.38. The molecule has 0 saturated heterocycles. The minimum atomic E-state index is -0.683. The first kappa shape index (κ1) is 14.9. The van der Waals surface area contributed by atoms with Gasteiger partial charge in [-0.25, -0.2) is 0 Å². The van der Waals surface area contributed by atoms with Gasteiger partial charge >= 0.3 is 0 Å². The van der Waals surface area contributed by atoms with Crippen molar-refractivity contribution in [2.45, 2.75) is 18.9 Å². The SMILES string of the molecule is CC(C#N)(Cc1ccc(Cl)cc1)Nc1ccccc1Br. The molecule has 0 aromatic heterocycles. The summed E-state index contributed by atoms with van der Waals surface area (Å²) in [7, 11) is 0. The summed E-state index contributed by atoms with van der Waals surface area (Å²) in [5.41, 5.74) is 1.29. The third-order valence-electron chi connectivity index (χ3n) is 3.00. The van der Waals surface area contributed by atoms with Crippen molar-refractivity contribution in [2.75, 3.05) is 5.32 Å². The lowest BCUT2D eigenvalue weighted by Crippen LogP contribution is -2.35. The summed E-state index contributed by atoms with van der Waals surface area (Å²) in [6, 6.07) is 17.7. The number of anilines is 1. The maximum absolute atomic E-state index is 9.50. The molecule has 2 rings (SSSR count). The Morgan fingerprint density at radius 2 is 1.85 bits per heavy atom. The quantitative estimate of drug-likeness (QED) is 0.839. The second-order valence-corrected chi connectivity index (χ2v) is 6.14. The molecule has 1 atom stereocenters. The zero-order chi connectivity index (χ0) is 14.6. The lowest BCUT2D eigenvalue weighted by molar-refractivity contribution is 0.646. The van der Waals surface area contributed by atoms with Gasteiger partial charge in [0.2, 0.25) is 0 Å². The van der Waals surface area contributed by atoms with E-state index < -0.39 is 5.54 Å². The van der Waals surface area contributed by atoms with Crippen molar-refractivity contribution in [2.24, 2.45) is 0 Å². The van der Waals surface area contributed by atoms with Crippen molar-refractivity contribution in [3.8, 4) is 6.07 Å². The molecule has 0 aliphatic heterocycles. The van der Waals surface area contributed by atoms with Crippen molar-refractivity contribution < 1.29 is 0 Å². The Kier molecular flexibility index (Phi) is 4.69. The Bertz CT molecular complexity index is 634. The fraction of sp³-hybridized carbons (Fsp3) is 0.188. The Morgan fingerprint density at radius 1 is 1.20 bits per heavy atom. The van der Waals surface area contributed by atoms with Crippen LogP contribution in [0.5, 0.6) is 0 Å². The number of hydrogen-bond donors (Lipinski definition) is 1. The van der Waals surface area contributed by atoms with Gasteiger partial charge in [-0.15, -0.1) is 0 Å². The summed E-state index contributed by atoms with van der Waals surface area (Å²) < 4.78 is 0.942. The van der Waals surface area contributed by atoms with Crippen molar-refractivity contribution >= 4 is 33.2 Å². The monoisotopic (exact) mass is 348 g/mol. The molecule has 0 aliphatic rings. The van der Waals surface area contributed by atoms with Gasteiger partial charge in [-0.1, -0.05) is 35.9 Å². The fourth-order valence-corrected chi connectivity index (χ4v) is 2.49. The second-order valence-electron chi connectivity index (χ2n) is 4.85. The molecule has 102 valence electrons. The molecule has 0 heterocycles. The zero-order valence-corrected chi connectivity index (χ0v) is 13.4. The molecule has 0 aliphatic carbocycles. The van der Waals surface area contributed by atoms with Crippen LogP contribution in [0.1, 0.15) is 12.5 Å². The molecule has 1 unspecified atom stereocenters. The van der Waals surface area contributed by atoms with Crippen LogP contribution in [-0.2, 0) is 6.42 Å². The van der Waals surface area contributed by atoms with Crippen LogP contribution >= 0.6 is 27.5 Å². The van der Waals surface area contributed by atoms with E-state index in [2.05, 4.69) is 27.3 Å². The van der Waals surface area contributed by atoms with E-state index in [0.29, 0.717) is 11.4 Å². The van der Waals surface area contributed by atoms with Crippen LogP contribution in [0.3, 0.4) is 0 Å². The molecule has 0 saturated carbocycles. The average Bonchev–Trinajstić information content (AvgIpc) is 2.44. The molecular weight excluding hydrogens is 336 g/mol. The largest absolute Gasteiger partial charge is 0.366 e. The van der Waals surface area contributed by atoms with Gasteiger partial charge in [0, 0.05) is 21.6 Å². The Labute approximate surface area is 132 Å². The van der Waals surface area contributed by atoms with E-state index in [1.165, 1.54) is 0 Å². The average molecular weight is 350 g/mol. The van der Waals surface area contributed by atoms with Gasteiger partial charge in [-0.05, 0) is 52.7 Å². The maximum Gasteiger partial charge on any atom is 0.126 e. The number of nitrogens with zero attached hydrogens (tertiary/aromatic N) is 1. The smallest absolute Gasteiger partial charge is 0.126 e. The number of rotatable bonds is 4. The van der Waals surface area contributed by atoms with E-state index in [1.54, 1.807) is 0 Å². The minimum Gasteiger partial charge on any atom is -0.366 e. The summed E-state index contributed by atoms with van der Waals surface area (Å²) in [5.74, 6) is 0. The van der Waals surface area contributed by atoms with Crippen LogP contribution < -0.4 is 5.32 Å². The molecule has 2 aromatic rings. The lowest BCUT2D eigenvalue weighted by atomic mass is 9.94. The molecule has 0 fully saturated rings. The molecule has 0 radical (unpaired) electrons. The van der Waals surface area contributed by atoms with E-state index in [0.717, 1.165) is 15.7 Å². The lowest BCUT2D eigenvalue weighted by Gasteiger charge is -2.25. The predicted octanol–water partition coefficient (Wildman–Crippen LogP) is 5.04. The molecule has 4 heteroatoms. The number of hydrogen-bond acceptors (Lipinski definition) is 2. The number of benzene rings is 2. The first-order chi connectivity index (χ1) is 9.52. The van der Waals surface area contributed by atoms with E-state index in [4.69, 9.17) is 11.6 Å². The van der Waals surface area contributed by atoms with Gasteiger partial charge in [-0.2, -0.15) is 5.26 Å². The van der Waals surface area contributed by atoms with E-state index in [9.17, 15) is 5.26 Å². The third-order valence-corrected chi connectivity index (χ3v) is 3.95. The molecule has 0 bridgehead atoms. The molecule has 2 nitrogen and oxygen atoms in total. The normalized spacial score (nSPS) is 13.3. The van der Waals surface area contributed by atoms with Crippen LogP contribution in [0, 0.1) is 11.3 Å². The van der Waals surface area contributed by atoms with Crippen molar-refractivity contribution in [1.82, 2.24) is 0 Å². The number of halogens is 2. The Balaban J connectivity index is 2.19. The molecule has 2 aromatic carbocycles. The van der Waals surface area contributed by atoms with Crippen molar-refractivity contribution in [3.63, 3.8) is 0 Å². The minimum absolute atomic E-state index is 0.599. The fourth-order valence-electron chi connectivity index (χ4n) is 1.98. The van der Waals surface area contributed by atoms with E-state index >= 15 is 0 Å². The first-order valence-electron chi connectivity index (χ1n) is 6.21. The van der Waals surface area contributed by atoms with Crippen LogP contribution in [-0.4, -0.2) is 5.54 Å². The number of para-hydroxylation sites is 1. The summed E-state index contributed by atoms with van der Waals surface area (Å²) in [6.45, 7) is 1.89. The van der Waals surface area contributed by atoms with Gasteiger partial charge in [-0.3, -0.25) is 0 Å². The Morgan fingerprint density at radius 3 is 2.45 bits per heavy atom. The van der Waals surface area contributed by atoms with Crippen LogP contribution in [0.25, 0.3) is 0 Å². The summed E-state index contributed by atoms with van der Waals surface area (Å²) in [4.78, 5) is 0. The standard InChI is InChI=1S/C16H14BrClN2/c1-16(11-19,10-12-6-8-13(18)9-7-12)20-15-5-3-2-4-14(15)17/h2-9,20H,10H2,1H3. The predicted molar refractivity (Wildman–Crippen MR) is 86.9 cm³/mol. The maximum atomic E-state index is 9.50. The summed E-state index contributed by atoms with van der Waals surface area (Å²) in [6.07, 6.45) is 0.599. The highest BCUT2D eigenvalue weighted by atomic mass is 79.9. The van der Waals surface area contributed by atoms with Crippen LogP contribution in [0.2, 0.25) is 5.02 Å².